The van der Waals surface area contributed by atoms with E-state index in [1.807, 2.05) is 22.7 Å². The van der Waals surface area contributed by atoms with Crippen molar-refractivity contribution >= 4 is 22.7 Å². The second-order valence-electron chi connectivity index (χ2n) is 6.32. The molecule has 1 saturated heterocycles. The molecule has 0 bridgehead atoms. The predicted octanol–water partition coefficient (Wildman–Crippen LogP) is 4.17. The smallest absolute Gasteiger partial charge is 0.0960 e. The van der Waals surface area contributed by atoms with Gasteiger partial charge in [-0.3, -0.25) is 4.90 Å². The SMILES string of the molecule is Cc1csc(C2CCN(Cc3cnc(C4CC4)s3)CC2)n1. The quantitative estimate of drug-likeness (QED) is 0.847. The van der Waals surface area contributed by atoms with Crippen LogP contribution < -0.4 is 0 Å². The number of aryl methyl sites for hydroxylation is 1. The maximum atomic E-state index is 4.67. The van der Waals surface area contributed by atoms with E-state index < -0.39 is 0 Å². The largest absolute Gasteiger partial charge is 0.298 e. The van der Waals surface area contributed by atoms with E-state index in [9.17, 15) is 0 Å². The highest BCUT2D eigenvalue weighted by atomic mass is 32.1. The van der Waals surface area contributed by atoms with E-state index in [1.54, 1.807) is 0 Å². The molecule has 1 aliphatic heterocycles. The Morgan fingerprint density at radius 3 is 2.57 bits per heavy atom. The number of nitrogens with zero attached hydrogens (tertiary/aromatic N) is 3. The van der Waals surface area contributed by atoms with Crippen LogP contribution in [0.1, 0.15) is 58.1 Å². The third-order valence-electron chi connectivity index (χ3n) is 4.45. The van der Waals surface area contributed by atoms with E-state index in [0.29, 0.717) is 5.92 Å². The zero-order valence-corrected chi connectivity index (χ0v) is 14.1. The first-order valence-electron chi connectivity index (χ1n) is 7.87. The lowest BCUT2D eigenvalue weighted by Gasteiger charge is -2.30. The molecule has 0 N–H and O–H groups in total. The van der Waals surface area contributed by atoms with Crippen LogP contribution in [-0.2, 0) is 6.54 Å². The molecule has 2 fully saturated rings. The number of likely N-dealkylation sites (tertiary alicyclic amines) is 1. The first-order valence-corrected chi connectivity index (χ1v) is 9.56. The number of piperidine rings is 1. The summed E-state index contributed by atoms with van der Waals surface area (Å²) in [7, 11) is 0. The highest BCUT2D eigenvalue weighted by Crippen LogP contribution is 2.42. The normalized spacial score (nSPS) is 21.0. The zero-order chi connectivity index (χ0) is 14.2. The molecular weight excluding hydrogens is 298 g/mol. The number of hydrogen-bond donors (Lipinski definition) is 0. The Morgan fingerprint density at radius 2 is 1.90 bits per heavy atom. The first-order chi connectivity index (χ1) is 10.3. The van der Waals surface area contributed by atoms with Gasteiger partial charge in [0.2, 0.25) is 0 Å². The van der Waals surface area contributed by atoms with Gasteiger partial charge in [-0.15, -0.1) is 22.7 Å². The molecule has 4 rings (SSSR count). The van der Waals surface area contributed by atoms with Crippen LogP contribution in [0.25, 0.3) is 0 Å². The van der Waals surface area contributed by atoms with Crippen LogP contribution in [0.2, 0.25) is 0 Å². The summed E-state index contributed by atoms with van der Waals surface area (Å²) in [6.45, 7) is 5.57. The molecule has 0 spiro atoms. The number of aromatic nitrogens is 2. The second-order valence-corrected chi connectivity index (χ2v) is 8.35. The zero-order valence-electron chi connectivity index (χ0n) is 12.4. The molecular formula is C16H21N3S2. The van der Waals surface area contributed by atoms with Crippen molar-refractivity contribution < 1.29 is 0 Å². The van der Waals surface area contributed by atoms with E-state index in [1.165, 1.54) is 59.4 Å². The molecule has 2 aromatic rings. The molecule has 0 amide bonds. The standard InChI is InChI=1S/C16H21N3S2/c1-11-10-20-16(18-11)13-4-6-19(7-5-13)9-14-8-17-15(21-14)12-2-3-12/h8,10,12-13H,2-7,9H2,1H3. The van der Waals surface area contributed by atoms with Crippen LogP contribution in [0.4, 0.5) is 0 Å². The maximum Gasteiger partial charge on any atom is 0.0960 e. The van der Waals surface area contributed by atoms with Gasteiger partial charge >= 0.3 is 0 Å². The number of thiazole rings is 2. The van der Waals surface area contributed by atoms with Gasteiger partial charge in [-0.05, 0) is 45.7 Å². The average Bonchev–Trinajstić information content (AvgIpc) is 3.09. The topological polar surface area (TPSA) is 29.0 Å². The number of hydrogen-bond acceptors (Lipinski definition) is 5. The summed E-state index contributed by atoms with van der Waals surface area (Å²) in [6, 6.07) is 0. The summed E-state index contributed by atoms with van der Waals surface area (Å²) in [5.74, 6) is 1.48. The lowest BCUT2D eigenvalue weighted by atomic mass is 9.97. The summed E-state index contributed by atoms with van der Waals surface area (Å²) < 4.78 is 0. The van der Waals surface area contributed by atoms with E-state index in [2.05, 4.69) is 33.4 Å². The molecule has 0 radical (unpaired) electrons. The maximum absolute atomic E-state index is 4.67. The Kier molecular flexibility index (Phi) is 3.81. The van der Waals surface area contributed by atoms with Crippen molar-refractivity contribution in [1.29, 1.82) is 0 Å². The molecule has 2 aliphatic rings. The summed E-state index contributed by atoms with van der Waals surface area (Å²) in [5.41, 5.74) is 1.18. The van der Waals surface area contributed by atoms with Gasteiger partial charge in [-0.1, -0.05) is 0 Å². The van der Waals surface area contributed by atoms with Crippen LogP contribution in [0.15, 0.2) is 11.6 Å². The number of rotatable bonds is 4. The summed E-state index contributed by atoms with van der Waals surface area (Å²) in [4.78, 5) is 13.3. The van der Waals surface area contributed by atoms with Gasteiger partial charge in [0.25, 0.3) is 0 Å². The fourth-order valence-corrected chi connectivity index (χ4v) is 5.13. The molecule has 3 nitrogen and oxygen atoms in total. The van der Waals surface area contributed by atoms with Gasteiger partial charge in [0.15, 0.2) is 0 Å². The van der Waals surface area contributed by atoms with E-state index in [0.717, 1.165) is 12.5 Å². The molecule has 1 saturated carbocycles. The minimum Gasteiger partial charge on any atom is -0.298 e. The second kappa shape index (κ2) is 5.78. The van der Waals surface area contributed by atoms with Gasteiger partial charge in [-0.2, -0.15) is 0 Å². The van der Waals surface area contributed by atoms with Crippen molar-refractivity contribution in [3.05, 3.63) is 32.2 Å². The lowest BCUT2D eigenvalue weighted by molar-refractivity contribution is 0.206. The average molecular weight is 319 g/mol. The van der Waals surface area contributed by atoms with Crippen molar-refractivity contribution in [2.24, 2.45) is 0 Å². The van der Waals surface area contributed by atoms with Gasteiger partial charge in [0.1, 0.15) is 0 Å². The van der Waals surface area contributed by atoms with Crippen molar-refractivity contribution in [2.75, 3.05) is 13.1 Å². The van der Waals surface area contributed by atoms with Crippen LogP contribution >= 0.6 is 22.7 Å². The van der Waals surface area contributed by atoms with Crippen LogP contribution in [0.3, 0.4) is 0 Å². The van der Waals surface area contributed by atoms with Crippen LogP contribution in [0, 0.1) is 6.92 Å². The van der Waals surface area contributed by atoms with Crippen molar-refractivity contribution in [3.63, 3.8) is 0 Å². The molecule has 21 heavy (non-hydrogen) atoms. The molecule has 5 heteroatoms. The molecule has 0 unspecified atom stereocenters. The molecule has 112 valence electrons. The third kappa shape index (κ3) is 3.20. The molecule has 0 atom stereocenters. The summed E-state index contributed by atoms with van der Waals surface area (Å²) in [6.07, 6.45) is 7.31. The van der Waals surface area contributed by atoms with E-state index >= 15 is 0 Å². The van der Waals surface area contributed by atoms with Gasteiger partial charge in [0.05, 0.1) is 10.0 Å². The molecule has 2 aromatic heterocycles. The Hall–Kier alpha value is -0.780. The summed E-state index contributed by atoms with van der Waals surface area (Å²) in [5, 5.41) is 4.90. The fraction of sp³-hybridized carbons (Fsp3) is 0.625. The lowest BCUT2D eigenvalue weighted by Crippen LogP contribution is -2.32. The Labute approximate surface area is 134 Å². The van der Waals surface area contributed by atoms with Gasteiger partial charge < -0.3 is 0 Å². The highest BCUT2D eigenvalue weighted by molar-refractivity contribution is 7.11. The van der Waals surface area contributed by atoms with Gasteiger partial charge in [-0.25, -0.2) is 9.97 Å². The van der Waals surface area contributed by atoms with Crippen LogP contribution in [-0.4, -0.2) is 28.0 Å². The Bertz CT molecular complexity index is 607. The van der Waals surface area contributed by atoms with E-state index in [4.69, 9.17) is 0 Å². The van der Waals surface area contributed by atoms with Crippen LogP contribution in [0.5, 0.6) is 0 Å². The summed E-state index contributed by atoms with van der Waals surface area (Å²) >= 11 is 3.77. The molecule has 1 aliphatic carbocycles. The predicted molar refractivity (Wildman–Crippen MR) is 88.2 cm³/mol. The van der Waals surface area contributed by atoms with Crippen molar-refractivity contribution in [1.82, 2.24) is 14.9 Å². The first kappa shape index (κ1) is 13.9. The minimum absolute atomic E-state index is 0.684. The van der Waals surface area contributed by atoms with Crippen molar-refractivity contribution in [2.45, 2.75) is 51.0 Å². The molecule has 3 heterocycles. The third-order valence-corrected chi connectivity index (χ3v) is 6.72. The monoisotopic (exact) mass is 319 g/mol. The Balaban J connectivity index is 1.32. The fourth-order valence-electron chi connectivity index (χ4n) is 3.03. The Morgan fingerprint density at radius 1 is 1.14 bits per heavy atom. The highest BCUT2D eigenvalue weighted by Gasteiger charge is 2.27. The van der Waals surface area contributed by atoms with Gasteiger partial charge in [0, 0.05) is 40.5 Å². The van der Waals surface area contributed by atoms with Crippen molar-refractivity contribution in [3.8, 4) is 0 Å². The van der Waals surface area contributed by atoms with E-state index in [-0.39, 0.29) is 0 Å². The molecule has 0 aromatic carbocycles. The minimum atomic E-state index is 0.684.